The lowest BCUT2D eigenvalue weighted by molar-refractivity contribution is 0.369. The monoisotopic (exact) mass is 206 g/mol. The summed E-state index contributed by atoms with van der Waals surface area (Å²) in [5.74, 6) is 1.00. The molecule has 1 aliphatic heterocycles. The van der Waals surface area contributed by atoms with E-state index in [1.54, 1.807) is 12.4 Å². The Bertz CT molecular complexity index is 301. The van der Waals surface area contributed by atoms with E-state index in [2.05, 4.69) is 21.9 Å². The Morgan fingerprint density at radius 1 is 1.60 bits per heavy atom. The third-order valence-electron chi connectivity index (χ3n) is 3.21. The lowest BCUT2D eigenvalue weighted by Crippen LogP contribution is -2.25. The van der Waals surface area contributed by atoms with Crippen LogP contribution in [0.1, 0.15) is 18.0 Å². The average molecular weight is 206 g/mol. The first kappa shape index (κ1) is 10.5. The van der Waals surface area contributed by atoms with Gasteiger partial charge < -0.3 is 10.6 Å². The Balaban J connectivity index is 2.11. The predicted octanol–water partition coefficient (Wildman–Crippen LogP) is 0.471. The minimum atomic E-state index is 0.364. The molecule has 2 atom stereocenters. The first-order valence-corrected chi connectivity index (χ1v) is 5.45. The second-order valence-electron chi connectivity index (χ2n) is 4.28. The van der Waals surface area contributed by atoms with Crippen LogP contribution in [-0.2, 0) is 0 Å². The SMILES string of the molecule is CN1CCC(C(CN)c2cnccn2)C1. The van der Waals surface area contributed by atoms with Crippen LogP contribution in [0.3, 0.4) is 0 Å². The lowest BCUT2D eigenvalue weighted by Gasteiger charge is -2.20. The zero-order valence-corrected chi connectivity index (χ0v) is 9.13. The van der Waals surface area contributed by atoms with Crippen molar-refractivity contribution in [2.24, 2.45) is 11.7 Å². The van der Waals surface area contributed by atoms with Crippen molar-refractivity contribution in [3.63, 3.8) is 0 Å². The van der Waals surface area contributed by atoms with Crippen LogP contribution in [-0.4, -0.2) is 41.5 Å². The molecule has 0 saturated carbocycles. The van der Waals surface area contributed by atoms with Crippen LogP contribution >= 0.6 is 0 Å². The highest BCUT2D eigenvalue weighted by Crippen LogP contribution is 2.29. The minimum Gasteiger partial charge on any atom is -0.330 e. The van der Waals surface area contributed by atoms with Gasteiger partial charge in [-0.2, -0.15) is 0 Å². The van der Waals surface area contributed by atoms with Gasteiger partial charge in [0, 0.05) is 37.6 Å². The Kier molecular flexibility index (Phi) is 3.28. The maximum atomic E-state index is 5.84. The third-order valence-corrected chi connectivity index (χ3v) is 3.21. The Labute approximate surface area is 90.5 Å². The fourth-order valence-electron chi connectivity index (χ4n) is 2.35. The van der Waals surface area contributed by atoms with Crippen molar-refractivity contribution in [2.75, 3.05) is 26.7 Å². The largest absolute Gasteiger partial charge is 0.330 e. The quantitative estimate of drug-likeness (QED) is 0.781. The highest BCUT2D eigenvalue weighted by molar-refractivity contribution is 5.07. The zero-order chi connectivity index (χ0) is 10.7. The van der Waals surface area contributed by atoms with Gasteiger partial charge in [0.2, 0.25) is 0 Å². The highest BCUT2D eigenvalue weighted by atomic mass is 15.1. The summed E-state index contributed by atoms with van der Waals surface area (Å²) in [5, 5.41) is 0. The molecule has 2 heterocycles. The van der Waals surface area contributed by atoms with Crippen molar-refractivity contribution in [1.82, 2.24) is 14.9 Å². The molecule has 1 saturated heterocycles. The molecule has 0 amide bonds. The van der Waals surface area contributed by atoms with E-state index in [0.717, 1.165) is 12.2 Å². The molecular weight excluding hydrogens is 188 g/mol. The molecule has 0 bridgehead atoms. The van der Waals surface area contributed by atoms with E-state index in [4.69, 9.17) is 5.73 Å². The van der Waals surface area contributed by atoms with Gasteiger partial charge in [-0.15, -0.1) is 0 Å². The molecule has 0 radical (unpaired) electrons. The molecule has 0 aromatic carbocycles. The molecule has 4 heteroatoms. The van der Waals surface area contributed by atoms with Crippen LogP contribution < -0.4 is 5.73 Å². The van der Waals surface area contributed by atoms with Crippen molar-refractivity contribution < 1.29 is 0 Å². The van der Waals surface area contributed by atoms with Gasteiger partial charge in [0.15, 0.2) is 0 Å². The second-order valence-corrected chi connectivity index (χ2v) is 4.28. The lowest BCUT2D eigenvalue weighted by atomic mass is 9.89. The summed E-state index contributed by atoms with van der Waals surface area (Å²) < 4.78 is 0. The molecule has 82 valence electrons. The van der Waals surface area contributed by atoms with E-state index >= 15 is 0 Å². The standard InChI is InChI=1S/C11H18N4/c1-15-5-2-9(8-15)10(6-12)11-7-13-3-4-14-11/h3-4,7,9-10H,2,5-6,8,12H2,1H3. The van der Waals surface area contributed by atoms with Gasteiger partial charge in [-0.25, -0.2) is 0 Å². The number of nitrogens with two attached hydrogens (primary N) is 1. The number of hydrogen-bond donors (Lipinski definition) is 1. The van der Waals surface area contributed by atoms with Crippen molar-refractivity contribution in [3.8, 4) is 0 Å². The van der Waals surface area contributed by atoms with Gasteiger partial charge >= 0.3 is 0 Å². The smallest absolute Gasteiger partial charge is 0.0633 e. The molecule has 4 nitrogen and oxygen atoms in total. The maximum absolute atomic E-state index is 5.84. The summed E-state index contributed by atoms with van der Waals surface area (Å²) >= 11 is 0. The number of rotatable bonds is 3. The van der Waals surface area contributed by atoms with Gasteiger partial charge in [-0.05, 0) is 25.9 Å². The summed E-state index contributed by atoms with van der Waals surface area (Å²) in [7, 11) is 2.16. The average Bonchev–Trinajstić information content (AvgIpc) is 2.68. The molecule has 15 heavy (non-hydrogen) atoms. The minimum absolute atomic E-state index is 0.364. The van der Waals surface area contributed by atoms with Gasteiger partial charge in [0.1, 0.15) is 0 Å². The van der Waals surface area contributed by atoms with E-state index in [1.807, 2.05) is 6.20 Å². The van der Waals surface area contributed by atoms with E-state index in [-0.39, 0.29) is 0 Å². The van der Waals surface area contributed by atoms with Gasteiger partial charge in [0.25, 0.3) is 0 Å². The van der Waals surface area contributed by atoms with Crippen LogP contribution in [0.2, 0.25) is 0 Å². The van der Waals surface area contributed by atoms with Crippen LogP contribution in [0.25, 0.3) is 0 Å². The molecule has 1 aromatic rings. The molecular formula is C11H18N4. The summed E-state index contributed by atoms with van der Waals surface area (Å²) in [6.07, 6.45) is 6.51. The zero-order valence-electron chi connectivity index (χ0n) is 9.13. The van der Waals surface area contributed by atoms with Crippen molar-refractivity contribution in [1.29, 1.82) is 0 Å². The Morgan fingerprint density at radius 2 is 2.47 bits per heavy atom. The summed E-state index contributed by atoms with van der Waals surface area (Å²) in [6.45, 7) is 2.96. The summed E-state index contributed by atoms with van der Waals surface area (Å²) in [4.78, 5) is 10.8. The van der Waals surface area contributed by atoms with Gasteiger partial charge in [-0.3, -0.25) is 9.97 Å². The van der Waals surface area contributed by atoms with Crippen molar-refractivity contribution in [2.45, 2.75) is 12.3 Å². The number of aromatic nitrogens is 2. The van der Waals surface area contributed by atoms with E-state index in [9.17, 15) is 0 Å². The summed E-state index contributed by atoms with van der Waals surface area (Å²) in [5.41, 5.74) is 6.89. The molecule has 0 aliphatic carbocycles. The number of nitrogens with zero attached hydrogens (tertiary/aromatic N) is 3. The van der Waals surface area contributed by atoms with Crippen LogP contribution in [0.15, 0.2) is 18.6 Å². The Hall–Kier alpha value is -1.00. The van der Waals surface area contributed by atoms with E-state index < -0.39 is 0 Å². The molecule has 2 unspecified atom stereocenters. The number of hydrogen-bond acceptors (Lipinski definition) is 4. The molecule has 1 aromatic heterocycles. The topological polar surface area (TPSA) is 55.0 Å². The maximum Gasteiger partial charge on any atom is 0.0633 e. The normalized spacial score (nSPS) is 24.3. The molecule has 2 rings (SSSR count). The first-order valence-electron chi connectivity index (χ1n) is 5.45. The third kappa shape index (κ3) is 2.33. The van der Waals surface area contributed by atoms with Crippen molar-refractivity contribution in [3.05, 3.63) is 24.3 Å². The second kappa shape index (κ2) is 4.68. The van der Waals surface area contributed by atoms with Crippen LogP contribution in [0.4, 0.5) is 0 Å². The molecule has 2 N–H and O–H groups in total. The van der Waals surface area contributed by atoms with Gasteiger partial charge in [0.05, 0.1) is 5.69 Å². The summed E-state index contributed by atoms with van der Waals surface area (Å²) in [6, 6.07) is 0. The first-order chi connectivity index (χ1) is 7.31. The highest BCUT2D eigenvalue weighted by Gasteiger charge is 2.28. The molecule has 1 aliphatic rings. The fraction of sp³-hybridized carbons (Fsp3) is 0.636. The van der Waals surface area contributed by atoms with Gasteiger partial charge in [-0.1, -0.05) is 0 Å². The molecule has 0 spiro atoms. The van der Waals surface area contributed by atoms with Crippen LogP contribution in [0.5, 0.6) is 0 Å². The van der Waals surface area contributed by atoms with E-state index in [0.29, 0.717) is 18.4 Å². The van der Waals surface area contributed by atoms with Crippen LogP contribution in [0, 0.1) is 5.92 Å². The number of likely N-dealkylation sites (tertiary alicyclic amines) is 1. The van der Waals surface area contributed by atoms with E-state index in [1.165, 1.54) is 13.0 Å². The predicted molar refractivity (Wildman–Crippen MR) is 59.4 cm³/mol. The Morgan fingerprint density at radius 3 is 3.00 bits per heavy atom. The molecule has 1 fully saturated rings. The van der Waals surface area contributed by atoms with Crippen molar-refractivity contribution >= 4 is 0 Å². The fourth-order valence-corrected chi connectivity index (χ4v) is 2.35.